The average Bonchev–Trinajstić information content (AvgIpc) is 2.61. The van der Waals surface area contributed by atoms with E-state index in [-0.39, 0.29) is 17.1 Å². The summed E-state index contributed by atoms with van der Waals surface area (Å²) in [6.45, 7) is 1.85. The molecular weight excluding hydrogens is 348 g/mol. The van der Waals surface area contributed by atoms with Gasteiger partial charge in [0.15, 0.2) is 15.6 Å². The zero-order valence-electron chi connectivity index (χ0n) is 14.5. The van der Waals surface area contributed by atoms with Crippen LogP contribution in [0.4, 0.5) is 0 Å². The van der Waals surface area contributed by atoms with Crippen molar-refractivity contribution < 1.29 is 13.2 Å². The molecule has 0 bridgehead atoms. The summed E-state index contributed by atoms with van der Waals surface area (Å²) in [5, 5.41) is 0. The van der Waals surface area contributed by atoms with Gasteiger partial charge in [-0.3, -0.25) is 14.8 Å². The highest BCUT2D eigenvalue weighted by atomic mass is 32.2. The lowest BCUT2D eigenvalue weighted by molar-refractivity contribution is 0.0988. The number of carbonyl (C=O) groups excluding carboxylic acids is 1. The number of aromatic nitrogens is 2. The predicted octanol–water partition coefficient (Wildman–Crippen LogP) is 3.28. The minimum Gasteiger partial charge on any atom is -0.292 e. The first-order valence-electron chi connectivity index (χ1n) is 8.05. The van der Waals surface area contributed by atoms with Crippen molar-refractivity contribution in [3.05, 3.63) is 77.7 Å². The maximum atomic E-state index is 12.4. The Hall–Kier alpha value is -2.86. The summed E-state index contributed by atoms with van der Waals surface area (Å²) in [5.41, 5.74) is 3.56. The molecule has 5 nitrogen and oxygen atoms in total. The molecule has 2 heterocycles. The van der Waals surface area contributed by atoms with Crippen LogP contribution in [-0.2, 0) is 16.3 Å². The maximum Gasteiger partial charge on any atom is 0.185 e. The zero-order valence-corrected chi connectivity index (χ0v) is 15.3. The summed E-state index contributed by atoms with van der Waals surface area (Å²) in [6, 6.07) is 15.5. The first kappa shape index (κ1) is 17.9. The van der Waals surface area contributed by atoms with Crippen LogP contribution in [0.5, 0.6) is 0 Å². The van der Waals surface area contributed by atoms with Crippen LogP contribution in [0.2, 0.25) is 0 Å². The van der Waals surface area contributed by atoms with Gasteiger partial charge in [0, 0.05) is 30.1 Å². The summed E-state index contributed by atoms with van der Waals surface area (Å²) in [4.78, 5) is 21.3. The second-order valence-corrected chi connectivity index (χ2v) is 8.13. The van der Waals surface area contributed by atoms with Crippen molar-refractivity contribution in [1.29, 1.82) is 0 Å². The highest BCUT2D eigenvalue weighted by molar-refractivity contribution is 7.90. The molecule has 0 saturated carbocycles. The number of hydrogen-bond donors (Lipinski definition) is 0. The van der Waals surface area contributed by atoms with Gasteiger partial charge in [0.25, 0.3) is 0 Å². The third-order valence-corrected chi connectivity index (χ3v) is 5.07. The van der Waals surface area contributed by atoms with Gasteiger partial charge < -0.3 is 0 Å². The minimum atomic E-state index is -3.23. The highest BCUT2D eigenvalue weighted by Crippen LogP contribution is 2.21. The average molecular weight is 366 g/mol. The lowest BCUT2D eigenvalue weighted by atomic mass is 10.0. The molecule has 0 aliphatic heterocycles. The molecule has 0 radical (unpaired) electrons. The molecule has 2 aromatic heterocycles. The van der Waals surface area contributed by atoms with Crippen molar-refractivity contribution in [2.24, 2.45) is 0 Å². The standard InChI is InChI=1S/C20H18N2O3S/c1-14-4-3-5-18(22-14)20(23)13-15-10-11-21-19(12-15)16-6-8-17(9-7-16)26(2,24)25/h3-12H,13H2,1-2H3. The van der Waals surface area contributed by atoms with Gasteiger partial charge in [0.2, 0.25) is 0 Å². The molecule has 132 valence electrons. The van der Waals surface area contributed by atoms with Crippen LogP contribution in [0.15, 0.2) is 65.7 Å². The quantitative estimate of drug-likeness (QED) is 0.648. The number of ketones is 1. The van der Waals surface area contributed by atoms with E-state index in [1.165, 1.54) is 6.26 Å². The van der Waals surface area contributed by atoms with E-state index in [4.69, 9.17) is 0 Å². The summed E-state index contributed by atoms with van der Waals surface area (Å²) in [5.74, 6) is -0.0572. The molecule has 0 aliphatic rings. The smallest absolute Gasteiger partial charge is 0.185 e. The maximum absolute atomic E-state index is 12.4. The van der Waals surface area contributed by atoms with Gasteiger partial charge in [-0.15, -0.1) is 0 Å². The van der Waals surface area contributed by atoms with Crippen molar-refractivity contribution in [2.75, 3.05) is 6.26 Å². The van der Waals surface area contributed by atoms with Crippen LogP contribution in [0.25, 0.3) is 11.3 Å². The van der Waals surface area contributed by atoms with E-state index in [1.54, 1.807) is 42.6 Å². The first-order chi connectivity index (χ1) is 12.3. The molecule has 0 unspecified atom stereocenters. The molecule has 3 rings (SSSR count). The van der Waals surface area contributed by atoms with Crippen molar-refractivity contribution in [1.82, 2.24) is 9.97 Å². The van der Waals surface area contributed by atoms with Crippen LogP contribution in [0.3, 0.4) is 0 Å². The number of Topliss-reactive ketones (excluding diaryl/α,β-unsaturated/α-hetero) is 1. The fraction of sp³-hybridized carbons (Fsp3) is 0.150. The van der Waals surface area contributed by atoms with Gasteiger partial charge in [0.1, 0.15) is 5.69 Å². The Morgan fingerprint density at radius 2 is 1.77 bits per heavy atom. The van der Waals surface area contributed by atoms with Crippen molar-refractivity contribution in [3.63, 3.8) is 0 Å². The van der Waals surface area contributed by atoms with E-state index in [9.17, 15) is 13.2 Å². The van der Waals surface area contributed by atoms with Gasteiger partial charge in [0.05, 0.1) is 10.6 Å². The number of hydrogen-bond acceptors (Lipinski definition) is 5. The van der Waals surface area contributed by atoms with Crippen LogP contribution in [-0.4, -0.2) is 30.4 Å². The van der Waals surface area contributed by atoms with Crippen molar-refractivity contribution in [2.45, 2.75) is 18.2 Å². The number of nitrogens with zero attached hydrogens (tertiary/aromatic N) is 2. The van der Waals surface area contributed by atoms with Crippen molar-refractivity contribution in [3.8, 4) is 11.3 Å². The number of sulfone groups is 1. The second-order valence-electron chi connectivity index (χ2n) is 6.11. The number of rotatable bonds is 5. The molecule has 0 atom stereocenters. The van der Waals surface area contributed by atoms with Crippen LogP contribution >= 0.6 is 0 Å². The minimum absolute atomic E-state index is 0.0572. The fourth-order valence-corrected chi connectivity index (χ4v) is 3.22. The van der Waals surface area contributed by atoms with E-state index in [0.717, 1.165) is 16.8 Å². The molecular formula is C20H18N2O3S. The third kappa shape index (κ3) is 4.21. The molecule has 0 saturated heterocycles. The van der Waals surface area contributed by atoms with E-state index in [1.807, 2.05) is 25.1 Å². The lowest BCUT2D eigenvalue weighted by Gasteiger charge is -2.06. The normalized spacial score (nSPS) is 11.3. The molecule has 0 N–H and O–H groups in total. The second kappa shape index (κ2) is 7.17. The van der Waals surface area contributed by atoms with E-state index in [0.29, 0.717) is 11.4 Å². The summed E-state index contributed by atoms with van der Waals surface area (Å²) in [6.07, 6.45) is 3.05. The van der Waals surface area contributed by atoms with E-state index >= 15 is 0 Å². The van der Waals surface area contributed by atoms with Crippen LogP contribution in [0, 0.1) is 6.92 Å². The predicted molar refractivity (Wildman–Crippen MR) is 99.8 cm³/mol. The van der Waals surface area contributed by atoms with E-state index in [2.05, 4.69) is 9.97 Å². The Morgan fingerprint density at radius 3 is 2.42 bits per heavy atom. The zero-order chi connectivity index (χ0) is 18.7. The Bertz CT molecular complexity index is 1060. The van der Waals surface area contributed by atoms with Crippen molar-refractivity contribution >= 4 is 15.6 Å². The molecule has 3 aromatic rings. The molecule has 1 aromatic carbocycles. The molecule has 0 amide bonds. The Labute approximate surface area is 152 Å². The van der Waals surface area contributed by atoms with Crippen LogP contribution in [0.1, 0.15) is 21.7 Å². The Morgan fingerprint density at radius 1 is 1.04 bits per heavy atom. The fourth-order valence-electron chi connectivity index (χ4n) is 2.59. The SMILES string of the molecule is Cc1cccc(C(=O)Cc2ccnc(-c3ccc(S(C)(=O)=O)cc3)c2)n1. The van der Waals surface area contributed by atoms with Gasteiger partial charge in [-0.2, -0.15) is 0 Å². The van der Waals surface area contributed by atoms with Crippen LogP contribution < -0.4 is 0 Å². The third-order valence-electron chi connectivity index (χ3n) is 3.94. The molecule has 0 spiro atoms. The monoisotopic (exact) mass is 366 g/mol. The van der Waals surface area contributed by atoms with Gasteiger partial charge in [-0.25, -0.2) is 8.42 Å². The Balaban J connectivity index is 1.83. The molecule has 0 fully saturated rings. The largest absolute Gasteiger partial charge is 0.292 e. The number of benzene rings is 1. The first-order valence-corrected chi connectivity index (χ1v) is 9.94. The molecule has 6 heteroatoms. The summed E-state index contributed by atoms with van der Waals surface area (Å²) < 4.78 is 23.1. The Kier molecular flexibility index (Phi) is 4.95. The topological polar surface area (TPSA) is 77.0 Å². The lowest BCUT2D eigenvalue weighted by Crippen LogP contribution is -2.06. The molecule has 0 aliphatic carbocycles. The number of carbonyl (C=O) groups is 1. The molecule has 26 heavy (non-hydrogen) atoms. The number of aryl methyl sites for hydroxylation is 1. The van der Waals surface area contributed by atoms with Gasteiger partial charge in [-0.1, -0.05) is 18.2 Å². The number of pyridine rings is 2. The van der Waals surface area contributed by atoms with Gasteiger partial charge in [-0.05, 0) is 48.9 Å². The summed E-state index contributed by atoms with van der Waals surface area (Å²) in [7, 11) is -3.23. The van der Waals surface area contributed by atoms with Gasteiger partial charge >= 0.3 is 0 Å². The van der Waals surface area contributed by atoms with E-state index < -0.39 is 9.84 Å². The summed E-state index contributed by atoms with van der Waals surface area (Å²) >= 11 is 0. The highest BCUT2D eigenvalue weighted by Gasteiger charge is 2.11.